The topological polar surface area (TPSA) is 38.1 Å². The summed E-state index contributed by atoms with van der Waals surface area (Å²) in [5.41, 5.74) is 4.19. The monoisotopic (exact) mass is 316 g/mol. The molecule has 3 nitrogen and oxygen atoms in total. The highest BCUT2D eigenvalue weighted by molar-refractivity contribution is 9.10. The van der Waals surface area contributed by atoms with Crippen LogP contribution in [0.2, 0.25) is 0 Å². The maximum Gasteiger partial charge on any atom is 0.141 e. The molecule has 0 unspecified atom stereocenters. The van der Waals surface area contributed by atoms with Crippen LogP contribution in [-0.2, 0) is 7.05 Å². The van der Waals surface area contributed by atoms with Crippen molar-refractivity contribution in [3.63, 3.8) is 0 Å². The first-order valence-electron chi connectivity index (χ1n) is 5.99. The highest BCUT2D eigenvalue weighted by Gasteiger charge is 2.12. The van der Waals surface area contributed by atoms with Crippen LogP contribution < -0.4 is 0 Å². The molecule has 4 heteroatoms. The van der Waals surface area contributed by atoms with E-state index < -0.39 is 0 Å². The number of aromatic hydroxyl groups is 1. The Morgan fingerprint density at radius 3 is 2.68 bits per heavy atom. The van der Waals surface area contributed by atoms with E-state index in [9.17, 15) is 5.11 Å². The van der Waals surface area contributed by atoms with Crippen LogP contribution in [0.3, 0.4) is 0 Å². The summed E-state index contributed by atoms with van der Waals surface area (Å²) in [6.45, 7) is 2.08. The molecule has 0 bridgehead atoms. The SMILES string of the molecule is Cc1cccc2nc(-c3ccc(Br)c(O)c3)n(C)c12. The minimum absolute atomic E-state index is 0.223. The average molecular weight is 317 g/mol. The first-order valence-corrected chi connectivity index (χ1v) is 6.78. The fourth-order valence-electron chi connectivity index (χ4n) is 2.38. The van der Waals surface area contributed by atoms with Gasteiger partial charge in [0, 0.05) is 12.6 Å². The molecule has 2 aromatic carbocycles. The van der Waals surface area contributed by atoms with Crippen LogP contribution in [0.25, 0.3) is 22.4 Å². The fourth-order valence-corrected chi connectivity index (χ4v) is 2.62. The predicted molar refractivity (Wildman–Crippen MR) is 80.3 cm³/mol. The van der Waals surface area contributed by atoms with Gasteiger partial charge in [0.15, 0.2) is 0 Å². The van der Waals surface area contributed by atoms with Gasteiger partial charge in [-0.3, -0.25) is 0 Å². The summed E-state index contributed by atoms with van der Waals surface area (Å²) in [7, 11) is 2.00. The average Bonchev–Trinajstić information content (AvgIpc) is 2.72. The smallest absolute Gasteiger partial charge is 0.141 e. The van der Waals surface area contributed by atoms with Crippen LogP contribution in [0.1, 0.15) is 5.56 Å². The van der Waals surface area contributed by atoms with Gasteiger partial charge in [0.25, 0.3) is 0 Å². The first-order chi connectivity index (χ1) is 9.08. The van der Waals surface area contributed by atoms with Crippen molar-refractivity contribution in [2.75, 3.05) is 0 Å². The highest BCUT2D eigenvalue weighted by atomic mass is 79.9. The van der Waals surface area contributed by atoms with Gasteiger partial charge in [0.2, 0.25) is 0 Å². The van der Waals surface area contributed by atoms with Crippen molar-refractivity contribution in [2.24, 2.45) is 7.05 Å². The normalized spacial score (nSPS) is 11.1. The Bertz CT molecular complexity index is 777. The highest BCUT2D eigenvalue weighted by Crippen LogP contribution is 2.31. The number of benzene rings is 2. The van der Waals surface area contributed by atoms with Gasteiger partial charge in [-0.25, -0.2) is 4.98 Å². The van der Waals surface area contributed by atoms with Crippen molar-refractivity contribution < 1.29 is 5.11 Å². The van der Waals surface area contributed by atoms with Crippen LogP contribution in [0.4, 0.5) is 0 Å². The molecule has 0 radical (unpaired) electrons. The van der Waals surface area contributed by atoms with Crippen molar-refractivity contribution in [3.8, 4) is 17.1 Å². The van der Waals surface area contributed by atoms with Gasteiger partial charge in [0.1, 0.15) is 11.6 Å². The summed E-state index contributed by atoms with van der Waals surface area (Å²) >= 11 is 3.29. The number of phenolic OH excluding ortho intramolecular Hbond substituents is 1. The molecule has 1 N–H and O–H groups in total. The molecule has 0 atom stereocenters. The van der Waals surface area contributed by atoms with Gasteiger partial charge >= 0.3 is 0 Å². The third-order valence-electron chi connectivity index (χ3n) is 3.30. The van der Waals surface area contributed by atoms with Crippen LogP contribution in [0, 0.1) is 6.92 Å². The summed E-state index contributed by atoms with van der Waals surface area (Å²) in [6.07, 6.45) is 0. The van der Waals surface area contributed by atoms with E-state index in [1.54, 1.807) is 6.07 Å². The molecule has 0 saturated carbocycles. The zero-order chi connectivity index (χ0) is 13.6. The van der Waals surface area contributed by atoms with Crippen LogP contribution in [-0.4, -0.2) is 14.7 Å². The molecular formula is C15H13BrN2O. The number of imidazole rings is 1. The molecule has 19 heavy (non-hydrogen) atoms. The number of aromatic nitrogens is 2. The van der Waals surface area contributed by atoms with Crippen LogP contribution in [0.5, 0.6) is 5.75 Å². The number of rotatable bonds is 1. The number of halogens is 1. The van der Waals surface area contributed by atoms with E-state index >= 15 is 0 Å². The molecule has 0 fully saturated rings. The van der Waals surface area contributed by atoms with Crippen molar-refractivity contribution in [2.45, 2.75) is 6.92 Å². The van der Waals surface area contributed by atoms with Crippen LogP contribution in [0.15, 0.2) is 40.9 Å². The summed E-state index contributed by atoms with van der Waals surface area (Å²) in [5.74, 6) is 1.08. The zero-order valence-electron chi connectivity index (χ0n) is 10.7. The summed E-state index contributed by atoms with van der Waals surface area (Å²) in [6, 6.07) is 11.6. The van der Waals surface area contributed by atoms with E-state index in [0.29, 0.717) is 4.47 Å². The van der Waals surface area contributed by atoms with E-state index in [2.05, 4.69) is 38.5 Å². The lowest BCUT2D eigenvalue weighted by Gasteiger charge is -2.05. The summed E-state index contributed by atoms with van der Waals surface area (Å²) in [5, 5.41) is 9.80. The third-order valence-corrected chi connectivity index (χ3v) is 3.97. The second kappa shape index (κ2) is 4.38. The molecular weight excluding hydrogens is 304 g/mol. The second-order valence-electron chi connectivity index (χ2n) is 4.60. The lowest BCUT2D eigenvalue weighted by molar-refractivity contribution is 0.472. The molecule has 1 heterocycles. The van der Waals surface area contributed by atoms with Crippen molar-refractivity contribution in [1.82, 2.24) is 9.55 Å². The number of para-hydroxylation sites is 1. The van der Waals surface area contributed by atoms with E-state index in [4.69, 9.17) is 0 Å². The largest absolute Gasteiger partial charge is 0.507 e. The number of aryl methyl sites for hydroxylation is 2. The van der Waals surface area contributed by atoms with Gasteiger partial charge in [0.05, 0.1) is 15.5 Å². The van der Waals surface area contributed by atoms with Gasteiger partial charge in [-0.2, -0.15) is 0 Å². The van der Waals surface area contributed by atoms with Crippen molar-refractivity contribution in [3.05, 3.63) is 46.4 Å². The van der Waals surface area contributed by atoms with E-state index in [1.165, 1.54) is 5.56 Å². The molecule has 96 valence electrons. The maximum absolute atomic E-state index is 9.80. The Kier molecular flexibility index (Phi) is 2.82. The fraction of sp³-hybridized carbons (Fsp3) is 0.133. The number of hydrogen-bond donors (Lipinski definition) is 1. The molecule has 0 saturated heterocycles. The molecule has 0 aliphatic carbocycles. The first kappa shape index (κ1) is 12.2. The lowest BCUT2D eigenvalue weighted by Crippen LogP contribution is -1.93. The summed E-state index contributed by atoms with van der Waals surface area (Å²) in [4.78, 5) is 4.65. The molecule has 0 spiro atoms. The van der Waals surface area contributed by atoms with Crippen molar-refractivity contribution >= 4 is 27.0 Å². The number of phenols is 1. The van der Waals surface area contributed by atoms with Gasteiger partial charge < -0.3 is 9.67 Å². The van der Waals surface area contributed by atoms with Gasteiger partial charge in [-0.1, -0.05) is 12.1 Å². The Morgan fingerprint density at radius 1 is 1.21 bits per heavy atom. The minimum atomic E-state index is 0.223. The van der Waals surface area contributed by atoms with E-state index in [-0.39, 0.29) is 5.75 Å². The quantitative estimate of drug-likeness (QED) is 0.736. The third kappa shape index (κ3) is 1.92. The summed E-state index contributed by atoms with van der Waals surface area (Å²) < 4.78 is 2.75. The maximum atomic E-state index is 9.80. The van der Waals surface area contributed by atoms with Crippen LogP contribution >= 0.6 is 15.9 Å². The molecule has 3 rings (SSSR count). The van der Waals surface area contributed by atoms with Gasteiger partial charge in [-0.05, 0) is 52.7 Å². The number of nitrogens with zero attached hydrogens (tertiary/aromatic N) is 2. The Morgan fingerprint density at radius 2 is 2.00 bits per heavy atom. The zero-order valence-corrected chi connectivity index (χ0v) is 12.3. The standard InChI is InChI=1S/C15H13BrN2O/c1-9-4-3-5-12-14(9)18(2)15(17-12)10-6-7-11(16)13(19)8-10/h3-8,19H,1-2H3. The molecule has 3 aromatic rings. The van der Waals surface area contributed by atoms with E-state index in [0.717, 1.165) is 22.4 Å². The molecule has 0 aliphatic rings. The van der Waals surface area contributed by atoms with Gasteiger partial charge in [-0.15, -0.1) is 0 Å². The number of hydrogen-bond acceptors (Lipinski definition) is 2. The number of fused-ring (bicyclic) bond motifs is 1. The van der Waals surface area contributed by atoms with E-state index in [1.807, 2.05) is 31.3 Å². The Labute approximate surface area is 119 Å². The molecule has 0 amide bonds. The lowest BCUT2D eigenvalue weighted by atomic mass is 10.2. The second-order valence-corrected chi connectivity index (χ2v) is 5.46. The minimum Gasteiger partial charge on any atom is -0.507 e. The Balaban J connectivity index is 2.28. The predicted octanol–water partition coefficient (Wildman–Crippen LogP) is 4.02. The molecule has 1 aromatic heterocycles. The molecule has 0 aliphatic heterocycles. The van der Waals surface area contributed by atoms with Crippen molar-refractivity contribution in [1.29, 1.82) is 0 Å². The Hall–Kier alpha value is -1.81.